The summed E-state index contributed by atoms with van der Waals surface area (Å²) in [4.78, 5) is 18.7. The van der Waals surface area contributed by atoms with E-state index in [-0.39, 0.29) is 11.0 Å². The molecule has 0 spiro atoms. The van der Waals surface area contributed by atoms with Crippen molar-refractivity contribution < 1.29 is 0 Å². The van der Waals surface area contributed by atoms with Crippen LogP contribution in [0.2, 0.25) is 0 Å². The molecular formula is C22H22N2OS. The Kier molecular flexibility index (Phi) is 4.23. The van der Waals surface area contributed by atoms with Gasteiger partial charge in [-0.1, -0.05) is 68.1 Å². The van der Waals surface area contributed by atoms with E-state index < -0.39 is 0 Å². The number of rotatable bonds is 3. The molecule has 132 valence electrons. The average Bonchev–Trinajstić information content (AvgIpc) is 2.68. The molecule has 4 rings (SSSR count). The van der Waals surface area contributed by atoms with E-state index in [9.17, 15) is 4.79 Å². The van der Waals surface area contributed by atoms with Crippen molar-refractivity contribution in [3.8, 4) is 16.9 Å². The Bertz CT molecular complexity index is 1030. The molecule has 2 aromatic carbocycles. The van der Waals surface area contributed by atoms with E-state index in [1.807, 2.05) is 42.7 Å². The molecule has 1 aliphatic carbocycles. The summed E-state index contributed by atoms with van der Waals surface area (Å²) in [6.07, 6.45) is 3.75. The standard InChI is InChI=1S/C22H22N2OS/c1-4-22(2)14-15-10-8-9-13-17(15)19-18(22)20(25)24(21(23-19)26-3)16-11-6-5-7-12-16/h5-13H,4,14H2,1-3H3/t22-/m0/s1. The van der Waals surface area contributed by atoms with Crippen molar-refractivity contribution in [1.82, 2.24) is 9.55 Å². The lowest BCUT2D eigenvalue weighted by Gasteiger charge is -2.35. The number of hydrogen-bond donors (Lipinski definition) is 0. The van der Waals surface area contributed by atoms with Gasteiger partial charge >= 0.3 is 0 Å². The van der Waals surface area contributed by atoms with E-state index >= 15 is 0 Å². The topological polar surface area (TPSA) is 34.9 Å². The third kappa shape index (κ3) is 2.52. The Morgan fingerprint density at radius 1 is 1.12 bits per heavy atom. The first-order chi connectivity index (χ1) is 12.6. The van der Waals surface area contributed by atoms with Crippen LogP contribution < -0.4 is 5.56 Å². The maximum absolute atomic E-state index is 13.7. The van der Waals surface area contributed by atoms with Gasteiger partial charge in [0.05, 0.1) is 16.9 Å². The quantitative estimate of drug-likeness (QED) is 0.494. The summed E-state index contributed by atoms with van der Waals surface area (Å²) < 4.78 is 1.77. The van der Waals surface area contributed by atoms with E-state index in [2.05, 4.69) is 32.0 Å². The minimum atomic E-state index is -0.207. The fourth-order valence-corrected chi connectivity index (χ4v) is 4.45. The maximum Gasteiger partial charge on any atom is 0.263 e. The Balaban J connectivity index is 2.11. The normalized spacial score (nSPS) is 18.3. The Hall–Kier alpha value is -2.33. The summed E-state index contributed by atoms with van der Waals surface area (Å²) >= 11 is 1.51. The monoisotopic (exact) mass is 362 g/mol. The van der Waals surface area contributed by atoms with E-state index in [1.165, 1.54) is 17.3 Å². The van der Waals surface area contributed by atoms with Crippen LogP contribution in [0.1, 0.15) is 31.4 Å². The summed E-state index contributed by atoms with van der Waals surface area (Å²) in [5.74, 6) is 0. The Morgan fingerprint density at radius 2 is 1.81 bits per heavy atom. The molecule has 0 saturated carbocycles. The van der Waals surface area contributed by atoms with E-state index in [4.69, 9.17) is 4.98 Å². The minimum Gasteiger partial charge on any atom is -0.268 e. The molecule has 0 saturated heterocycles. The van der Waals surface area contributed by atoms with Crippen molar-refractivity contribution in [3.63, 3.8) is 0 Å². The van der Waals surface area contributed by atoms with Gasteiger partial charge in [0, 0.05) is 11.0 Å². The smallest absolute Gasteiger partial charge is 0.263 e. The molecule has 3 aromatic rings. The van der Waals surface area contributed by atoms with E-state index in [1.54, 1.807) is 4.57 Å². The molecule has 1 aromatic heterocycles. The van der Waals surface area contributed by atoms with Crippen molar-refractivity contribution in [3.05, 3.63) is 76.1 Å². The first kappa shape index (κ1) is 17.1. The highest BCUT2D eigenvalue weighted by Crippen LogP contribution is 2.43. The molecule has 1 heterocycles. The van der Waals surface area contributed by atoms with E-state index in [0.29, 0.717) is 0 Å². The first-order valence-electron chi connectivity index (χ1n) is 8.94. The number of benzene rings is 2. The molecule has 3 nitrogen and oxygen atoms in total. The van der Waals surface area contributed by atoms with Crippen molar-refractivity contribution >= 4 is 11.8 Å². The number of nitrogens with zero attached hydrogens (tertiary/aromatic N) is 2. The van der Waals surface area contributed by atoms with Crippen molar-refractivity contribution in [2.24, 2.45) is 0 Å². The van der Waals surface area contributed by atoms with Crippen LogP contribution in [-0.4, -0.2) is 15.8 Å². The second-order valence-electron chi connectivity index (χ2n) is 7.05. The highest BCUT2D eigenvalue weighted by atomic mass is 32.2. The molecule has 1 atom stereocenters. The van der Waals surface area contributed by atoms with Gasteiger partial charge in [-0.3, -0.25) is 9.36 Å². The third-order valence-electron chi connectivity index (χ3n) is 5.49. The molecule has 0 N–H and O–H groups in total. The third-order valence-corrected chi connectivity index (χ3v) is 6.13. The zero-order valence-corrected chi connectivity index (χ0v) is 16.1. The molecule has 0 aliphatic heterocycles. The van der Waals surface area contributed by atoms with Crippen LogP contribution in [0.25, 0.3) is 16.9 Å². The van der Waals surface area contributed by atoms with Gasteiger partial charge in [-0.05, 0) is 36.8 Å². The maximum atomic E-state index is 13.7. The Morgan fingerprint density at radius 3 is 2.50 bits per heavy atom. The highest BCUT2D eigenvalue weighted by Gasteiger charge is 2.38. The Labute approximate surface area is 158 Å². The molecule has 0 fully saturated rings. The van der Waals surface area contributed by atoms with Crippen LogP contribution in [0.4, 0.5) is 0 Å². The number of hydrogen-bond acceptors (Lipinski definition) is 3. The van der Waals surface area contributed by atoms with Crippen LogP contribution in [0, 0.1) is 0 Å². The molecule has 1 aliphatic rings. The second-order valence-corrected chi connectivity index (χ2v) is 7.82. The SMILES string of the molecule is CC[C@@]1(C)Cc2ccccc2-c2nc(SC)n(-c3ccccc3)c(=O)c21. The van der Waals surface area contributed by atoms with Gasteiger partial charge in [0.15, 0.2) is 5.16 Å². The molecule has 0 unspecified atom stereocenters. The van der Waals surface area contributed by atoms with Crippen LogP contribution >= 0.6 is 11.8 Å². The second kappa shape index (κ2) is 6.44. The van der Waals surface area contributed by atoms with Crippen molar-refractivity contribution in [2.75, 3.05) is 6.26 Å². The zero-order valence-electron chi connectivity index (χ0n) is 15.3. The number of para-hydroxylation sites is 1. The number of thioether (sulfide) groups is 1. The van der Waals surface area contributed by atoms with Crippen LogP contribution in [0.5, 0.6) is 0 Å². The molecule has 0 amide bonds. The summed E-state index contributed by atoms with van der Waals surface area (Å²) in [5, 5.41) is 0.732. The summed E-state index contributed by atoms with van der Waals surface area (Å²) in [6, 6.07) is 18.2. The van der Waals surface area contributed by atoms with Gasteiger partial charge < -0.3 is 0 Å². The molecule has 0 bridgehead atoms. The predicted octanol–water partition coefficient (Wildman–Crippen LogP) is 4.85. The van der Waals surface area contributed by atoms with Crippen LogP contribution in [-0.2, 0) is 11.8 Å². The van der Waals surface area contributed by atoms with Gasteiger partial charge in [-0.2, -0.15) is 0 Å². The van der Waals surface area contributed by atoms with Gasteiger partial charge in [0.2, 0.25) is 0 Å². The van der Waals surface area contributed by atoms with Crippen molar-refractivity contribution in [2.45, 2.75) is 37.3 Å². The lowest BCUT2D eigenvalue weighted by atomic mass is 9.69. The highest BCUT2D eigenvalue weighted by molar-refractivity contribution is 7.98. The van der Waals surface area contributed by atoms with Gasteiger partial charge in [0.1, 0.15) is 0 Å². The number of aromatic nitrogens is 2. The van der Waals surface area contributed by atoms with Gasteiger partial charge in [-0.15, -0.1) is 0 Å². The fraction of sp³-hybridized carbons (Fsp3) is 0.273. The van der Waals surface area contributed by atoms with E-state index in [0.717, 1.165) is 40.5 Å². The molecule has 26 heavy (non-hydrogen) atoms. The van der Waals surface area contributed by atoms with Gasteiger partial charge in [-0.25, -0.2) is 4.98 Å². The van der Waals surface area contributed by atoms with Crippen LogP contribution in [0.3, 0.4) is 0 Å². The largest absolute Gasteiger partial charge is 0.268 e. The van der Waals surface area contributed by atoms with Crippen LogP contribution in [0.15, 0.2) is 64.5 Å². The molecule has 0 radical (unpaired) electrons. The zero-order chi connectivity index (χ0) is 18.3. The number of fused-ring (bicyclic) bond motifs is 3. The van der Waals surface area contributed by atoms with Gasteiger partial charge in [0.25, 0.3) is 5.56 Å². The summed E-state index contributed by atoms with van der Waals surface area (Å²) in [6.45, 7) is 4.35. The summed E-state index contributed by atoms with van der Waals surface area (Å²) in [7, 11) is 0. The average molecular weight is 362 g/mol. The molecule has 4 heteroatoms. The predicted molar refractivity (Wildman–Crippen MR) is 108 cm³/mol. The van der Waals surface area contributed by atoms with Crippen molar-refractivity contribution in [1.29, 1.82) is 0 Å². The summed E-state index contributed by atoms with van der Waals surface area (Å²) in [5.41, 5.74) is 4.81. The molecular weight excluding hydrogens is 340 g/mol. The lowest BCUT2D eigenvalue weighted by Crippen LogP contribution is -2.39. The minimum absolute atomic E-state index is 0.0596. The first-order valence-corrected chi connectivity index (χ1v) is 10.2. The lowest BCUT2D eigenvalue weighted by molar-refractivity contribution is 0.435. The fourth-order valence-electron chi connectivity index (χ4n) is 3.90.